The number of hydrogen-bond donors (Lipinski definition) is 0. The molecule has 5 heteroatoms. The van der Waals surface area contributed by atoms with Gasteiger partial charge in [0.25, 0.3) is 0 Å². The number of Topliss-reactive ketones (excluding diaryl/α,β-unsaturated/α-hetero) is 1. The number of rotatable bonds is 1. The maximum absolute atomic E-state index is 13.8. The average Bonchev–Trinajstić information content (AvgIpc) is 2.56. The van der Waals surface area contributed by atoms with Crippen molar-refractivity contribution >= 4 is 23.3 Å². The zero-order valence-corrected chi connectivity index (χ0v) is 13.5. The van der Waals surface area contributed by atoms with Crippen LogP contribution in [0.3, 0.4) is 0 Å². The van der Waals surface area contributed by atoms with E-state index < -0.39 is 11.6 Å². The summed E-state index contributed by atoms with van der Waals surface area (Å²) in [6.07, 6.45) is 4.18. The fourth-order valence-electron chi connectivity index (χ4n) is 3.80. The van der Waals surface area contributed by atoms with Crippen molar-refractivity contribution < 1.29 is 13.6 Å². The molecular weight excluding hydrogens is 316 g/mol. The van der Waals surface area contributed by atoms with Crippen molar-refractivity contribution in [3.05, 3.63) is 46.7 Å². The first kappa shape index (κ1) is 15.1. The van der Waals surface area contributed by atoms with E-state index in [0.717, 1.165) is 54.5 Å². The second-order valence-corrected chi connectivity index (χ2v) is 7.54. The molecule has 1 aromatic rings. The Morgan fingerprint density at radius 3 is 2.78 bits per heavy atom. The number of allylic oxidation sites excluding steroid dienone is 2. The molecule has 4 rings (SSSR count). The Morgan fingerprint density at radius 2 is 1.96 bits per heavy atom. The largest absolute Gasteiger partial charge is 0.294 e. The van der Waals surface area contributed by atoms with Gasteiger partial charge in [-0.25, -0.2) is 8.78 Å². The van der Waals surface area contributed by atoms with Gasteiger partial charge in [-0.15, -0.1) is 0 Å². The van der Waals surface area contributed by atoms with Gasteiger partial charge in [0, 0.05) is 29.3 Å². The predicted molar refractivity (Wildman–Crippen MR) is 87.9 cm³/mol. The van der Waals surface area contributed by atoms with Crippen molar-refractivity contribution in [1.82, 2.24) is 0 Å². The Bertz CT molecular complexity index is 741. The Hall–Kier alpha value is -1.49. The van der Waals surface area contributed by atoms with E-state index in [9.17, 15) is 13.6 Å². The summed E-state index contributed by atoms with van der Waals surface area (Å²) in [5, 5.41) is 0.0782. The van der Waals surface area contributed by atoms with Crippen molar-refractivity contribution in [3.8, 4) is 0 Å². The number of aliphatic imine (C=N–C) groups is 1. The topological polar surface area (TPSA) is 29.4 Å². The SMILES string of the molecule is O=C1CCCC2=C1C(c1ccc(F)c(F)c1)C1SCCCC1=N2. The molecule has 0 bridgehead atoms. The van der Waals surface area contributed by atoms with Crippen LogP contribution in [0.5, 0.6) is 0 Å². The van der Waals surface area contributed by atoms with Crippen LogP contribution in [0.15, 0.2) is 34.5 Å². The summed E-state index contributed by atoms with van der Waals surface area (Å²) in [6.45, 7) is 0. The van der Waals surface area contributed by atoms with E-state index in [0.29, 0.717) is 12.0 Å². The third-order valence-corrected chi connectivity index (χ3v) is 6.25. The molecule has 2 atom stereocenters. The summed E-state index contributed by atoms with van der Waals surface area (Å²) in [4.78, 5) is 17.3. The first-order valence-corrected chi connectivity index (χ1v) is 9.10. The summed E-state index contributed by atoms with van der Waals surface area (Å²) < 4.78 is 27.1. The van der Waals surface area contributed by atoms with Gasteiger partial charge in [-0.05, 0) is 49.1 Å². The van der Waals surface area contributed by atoms with Crippen LogP contribution < -0.4 is 0 Å². The maximum atomic E-state index is 13.8. The second-order valence-electron chi connectivity index (χ2n) is 6.29. The van der Waals surface area contributed by atoms with Gasteiger partial charge in [0.2, 0.25) is 0 Å². The van der Waals surface area contributed by atoms with Crippen molar-refractivity contribution in [3.63, 3.8) is 0 Å². The van der Waals surface area contributed by atoms with Crippen molar-refractivity contribution in [1.29, 1.82) is 0 Å². The van der Waals surface area contributed by atoms with E-state index in [1.807, 2.05) is 0 Å². The standard InChI is InChI=1S/C18H17F2NOS/c19-11-7-6-10(9-12(11)20)16-17-13(3-1-5-15(17)22)21-14-4-2-8-23-18(14)16/h6-7,9,16,18H,1-5,8H2. The lowest BCUT2D eigenvalue weighted by Crippen LogP contribution is -2.36. The number of fused-ring (bicyclic) bond motifs is 1. The minimum absolute atomic E-state index is 0.0782. The lowest BCUT2D eigenvalue weighted by Gasteiger charge is -2.38. The molecule has 1 aliphatic carbocycles. The molecule has 1 aromatic carbocycles. The van der Waals surface area contributed by atoms with Gasteiger partial charge in [0.05, 0.1) is 5.25 Å². The number of carbonyl (C=O) groups excluding carboxylic acids is 1. The van der Waals surface area contributed by atoms with E-state index in [-0.39, 0.29) is 17.0 Å². The van der Waals surface area contributed by atoms with Crippen LogP contribution in [-0.4, -0.2) is 22.5 Å². The number of ketones is 1. The molecule has 0 spiro atoms. The summed E-state index contributed by atoms with van der Waals surface area (Å²) in [5.74, 6) is -0.752. The molecule has 0 N–H and O–H groups in total. The molecular formula is C18H17F2NOS. The highest BCUT2D eigenvalue weighted by atomic mass is 32.2. The van der Waals surface area contributed by atoms with Gasteiger partial charge in [-0.1, -0.05) is 6.07 Å². The third kappa shape index (κ3) is 2.55. The Morgan fingerprint density at radius 1 is 1.09 bits per heavy atom. The minimum atomic E-state index is -0.849. The minimum Gasteiger partial charge on any atom is -0.294 e. The monoisotopic (exact) mass is 333 g/mol. The lowest BCUT2D eigenvalue weighted by atomic mass is 9.76. The molecule has 2 nitrogen and oxygen atoms in total. The van der Waals surface area contributed by atoms with Gasteiger partial charge in [-0.3, -0.25) is 9.79 Å². The fourth-order valence-corrected chi connectivity index (χ4v) is 5.21. The Labute approximate surface area is 138 Å². The fraction of sp³-hybridized carbons (Fsp3) is 0.444. The van der Waals surface area contributed by atoms with Crippen molar-refractivity contribution in [2.24, 2.45) is 4.99 Å². The normalized spacial score (nSPS) is 27.4. The molecule has 1 fully saturated rings. The lowest BCUT2D eigenvalue weighted by molar-refractivity contribution is -0.116. The molecule has 2 heterocycles. The molecule has 1 saturated heterocycles. The van der Waals surface area contributed by atoms with Crippen LogP contribution in [0, 0.1) is 11.6 Å². The van der Waals surface area contributed by atoms with Gasteiger partial charge in [-0.2, -0.15) is 11.8 Å². The number of benzene rings is 1. The summed E-state index contributed by atoms with van der Waals surface area (Å²) in [7, 11) is 0. The van der Waals surface area contributed by atoms with E-state index in [1.54, 1.807) is 17.8 Å². The highest BCUT2D eigenvalue weighted by Crippen LogP contribution is 2.46. The van der Waals surface area contributed by atoms with E-state index >= 15 is 0 Å². The third-order valence-electron chi connectivity index (χ3n) is 4.83. The molecule has 0 radical (unpaired) electrons. The maximum Gasteiger partial charge on any atom is 0.161 e. The van der Waals surface area contributed by atoms with Gasteiger partial charge >= 0.3 is 0 Å². The molecule has 23 heavy (non-hydrogen) atoms. The molecule has 0 saturated carbocycles. The van der Waals surface area contributed by atoms with E-state index in [4.69, 9.17) is 4.99 Å². The van der Waals surface area contributed by atoms with Crippen LogP contribution in [0.25, 0.3) is 0 Å². The molecule has 120 valence electrons. The molecule has 0 amide bonds. The number of hydrogen-bond acceptors (Lipinski definition) is 3. The average molecular weight is 333 g/mol. The van der Waals surface area contributed by atoms with Crippen LogP contribution in [0.1, 0.15) is 43.6 Å². The molecule has 2 aliphatic heterocycles. The summed E-state index contributed by atoms with van der Waals surface area (Å²) >= 11 is 1.78. The Kier molecular flexibility index (Phi) is 3.84. The van der Waals surface area contributed by atoms with E-state index in [1.165, 1.54) is 6.07 Å². The van der Waals surface area contributed by atoms with Gasteiger partial charge in [0.15, 0.2) is 17.4 Å². The molecule has 3 aliphatic rings. The summed E-state index contributed by atoms with van der Waals surface area (Å²) in [5.41, 5.74) is 3.43. The number of nitrogens with zero attached hydrogens (tertiary/aromatic N) is 1. The molecule has 2 unspecified atom stereocenters. The number of halogens is 2. The first-order valence-electron chi connectivity index (χ1n) is 8.05. The zero-order valence-electron chi connectivity index (χ0n) is 12.6. The quantitative estimate of drug-likeness (QED) is 0.762. The predicted octanol–water partition coefficient (Wildman–Crippen LogP) is 4.41. The smallest absolute Gasteiger partial charge is 0.161 e. The number of carbonyl (C=O) groups is 1. The molecule has 0 aromatic heterocycles. The van der Waals surface area contributed by atoms with Crippen LogP contribution in [0.2, 0.25) is 0 Å². The van der Waals surface area contributed by atoms with Crippen molar-refractivity contribution in [2.75, 3.05) is 5.75 Å². The van der Waals surface area contributed by atoms with E-state index in [2.05, 4.69) is 0 Å². The highest BCUT2D eigenvalue weighted by Gasteiger charge is 2.41. The zero-order chi connectivity index (χ0) is 16.0. The first-order chi connectivity index (χ1) is 11.1. The number of thioether (sulfide) groups is 1. The Balaban J connectivity index is 1.86. The summed E-state index contributed by atoms with van der Waals surface area (Å²) in [6, 6.07) is 4.04. The van der Waals surface area contributed by atoms with Crippen molar-refractivity contribution in [2.45, 2.75) is 43.3 Å². The van der Waals surface area contributed by atoms with Crippen LogP contribution in [0.4, 0.5) is 8.78 Å². The van der Waals surface area contributed by atoms with Gasteiger partial charge in [0.1, 0.15) is 0 Å². The van der Waals surface area contributed by atoms with Crippen LogP contribution >= 0.6 is 11.8 Å². The van der Waals surface area contributed by atoms with Crippen LogP contribution in [-0.2, 0) is 4.79 Å². The van der Waals surface area contributed by atoms with Gasteiger partial charge < -0.3 is 0 Å². The highest BCUT2D eigenvalue weighted by molar-refractivity contribution is 8.00. The second kappa shape index (κ2) is 5.86.